The minimum absolute atomic E-state index is 0.0426. The highest BCUT2D eigenvalue weighted by Crippen LogP contribution is 2.65. The number of anilines is 1. The van der Waals surface area contributed by atoms with Gasteiger partial charge in [0.15, 0.2) is 0 Å². The molecule has 8 heteroatoms. The Morgan fingerprint density at radius 1 is 1.27 bits per heavy atom. The van der Waals surface area contributed by atoms with Crippen molar-refractivity contribution in [3.05, 3.63) is 41.5 Å². The molecule has 2 N–H and O–H groups in total. The molecule has 2 heterocycles. The highest BCUT2D eigenvalue weighted by molar-refractivity contribution is 5.85. The molecule has 1 aromatic carbocycles. The first-order chi connectivity index (χ1) is 15.8. The van der Waals surface area contributed by atoms with Crippen LogP contribution in [0, 0.1) is 11.3 Å². The fourth-order valence-corrected chi connectivity index (χ4v) is 6.82. The number of nitrogens with one attached hydrogen (secondary N) is 1. The summed E-state index contributed by atoms with van der Waals surface area (Å²) >= 11 is 0. The smallest absolute Gasteiger partial charge is 0.315 e. The molecule has 0 aromatic heterocycles. The summed E-state index contributed by atoms with van der Waals surface area (Å²) in [7, 11) is 1.34. The lowest BCUT2D eigenvalue weighted by atomic mass is 9.44. The van der Waals surface area contributed by atoms with E-state index in [1.54, 1.807) is 6.92 Å². The van der Waals surface area contributed by atoms with Crippen LogP contribution >= 0.6 is 0 Å². The van der Waals surface area contributed by atoms with Crippen molar-refractivity contribution in [2.75, 3.05) is 32.2 Å². The molecule has 2 fully saturated rings. The number of ether oxygens (including phenoxy) is 2. The number of hydrogen-bond acceptors (Lipinski definition) is 7. The lowest BCUT2D eigenvalue weighted by Gasteiger charge is -2.63. The summed E-state index contributed by atoms with van der Waals surface area (Å²) in [5, 5.41) is 14.6. The summed E-state index contributed by atoms with van der Waals surface area (Å²) in [6.45, 7) is 4.84. The number of likely N-dealkylation sites (tertiary alicyclic amines) is 1. The number of para-hydroxylation sites is 1. The van der Waals surface area contributed by atoms with E-state index in [4.69, 9.17) is 9.47 Å². The number of piperidine rings is 1. The van der Waals surface area contributed by atoms with Crippen LogP contribution in [0.4, 0.5) is 5.69 Å². The third-order valence-electron chi connectivity index (χ3n) is 8.08. The molecule has 1 aliphatic carbocycles. The number of carbonyl (C=O) groups excluding carboxylic acids is 3. The predicted molar refractivity (Wildman–Crippen MR) is 121 cm³/mol. The van der Waals surface area contributed by atoms with Crippen molar-refractivity contribution in [3.63, 3.8) is 0 Å². The lowest BCUT2D eigenvalue weighted by molar-refractivity contribution is -0.180. The average Bonchev–Trinajstić information content (AvgIpc) is 3.14. The summed E-state index contributed by atoms with van der Waals surface area (Å²) in [4.78, 5) is 39.9. The Bertz CT molecular complexity index is 1010. The maximum absolute atomic E-state index is 13.7. The van der Waals surface area contributed by atoms with Gasteiger partial charge in [0.1, 0.15) is 5.41 Å². The largest absolute Gasteiger partial charge is 0.468 e. The normalized spacial score (nSPS) is 33.1. The van der Waals surface area contributed by atoms with Gasteiger partial charge in [-0.3, -0.25) is 14.4 Å². The van der Waals surface area contributed by atoms with Gasteiger partial charge in [0, 0.05) is 37.4 Å². The number of carbonyl (C=O) groups is 3. The average molecular weight is 457 g/mol. The van der Waals surface area contributed by atoms with E-state index in [0.29, 0.717) is 19.4 Å². The maximum Gasteiger partial charge on any atom is 0.315 e. The Morgan fingerprint density at radius 2 is 2.00 bits per heavy atom. The molecular weight excluding hydrogens is 424 g/mol. The number of aliphatic hydroxyl groups excluding tert-OH is 1. The number of fused-ring (bicyclic) bond motifs is 6. The number of allylic oxidation sites excluding steroid dienone is 1. The Morgan fingerprint density at radius 3 is 2.61 bits per heavy atom. The summed E-state index contributed by atoms with van der Waals surface area (Å²) < 4.78 is 10.7. The lowest BCUT2D eigenvalue weighted by Crippen LogP contribution is -2.74. The number of esters is 2. The SMILES string of the molecule is C/C=C1\CN(C(C)=O)[C@H]2C[C@@H]1[C@@](CO)(C(=O)OC)[C@]1(CCOC(C)=O)c3ccccc3N[C@H]21. The first kappa shape index (κ1) is 23.3. The number of rotatable bonds is 5. The topological polar surface area (TPSA) is 105 Å². The zero-order valence-corrected chi connectivity index (χ0v) is 19.6. The van der Waals surface area contributed by atoms with Crippen LogP contribution in [0.25, 0.3) is 0 Å². The van der Waals surface area contributed by atoms with Gasteiger partial charge in [-0.15, -0.1) is 0 Å². The quantitative estimate of drug-likeness (QED) is 0.516. The first-order valence-electron chi connectivity index (χ1n) is 11.4. The third-order valence-corrected chi connectivity index (χ3v) is 8.08. The molecule has 1 amide bonds. The molecule has 4 rings (SSSR count). The molecule has 3 aliphatic rings. The van der Waals surface area contributed by atoms with E-state index >= 15 is 0 Å². The minimum atomic E-state index is -1.31. The highest BCUT2D eigenvalue weighted by Gasteiger charge is 2.73. The molecule has 2 bridgehead atoms. The predicted octanol–water partition coefficient (Wildman–Crippen LogP) is 2.02. The molecule has 1 aromatic rings. The standard InChI is InChI=1S/C25H32N2O6/c1-5-17-13-27(15(2)29)21-12-19(17)25(14-28,23(31)32-4)24(10-11-33-16(3)30)18-8-6-7-9-20(18)26-22(21)24/h5-9,19,21-22,26,28H,10-14H2,1-4H3/b17-5+/t19-,21-,22+,24+,25-/m0/s1. The van der Waals surface area contributed by atoms with Gasteiger partial charge in [0.05, 0.1) is 32.4 Å². The number of methoxy groups -OCH3 is 1. The van der Waals surface area contributed by atoms with Crippen LogP contribution in [0.1, 0.15) is 39.2 Å². The summed E-state index contributed by atoms with van der Waals surface area (Å²) in [5.41, 5.74) is 0.377. The molecule has 5 atom stereocenters. The van der Waals surface area contributed by atoms with E-state index in [9.17, 15) is 19.5 Å². The van der Waals surface area contributed by atoms with E-state index in [2.05, 4.69) is 5.32 Å². The van der Waals surface area contributed by atoms with Crippen LogP contribution in [0.2, 0.25) is 0 Å². The van der Waals surface area contributed by atoms with E-state index in [1.807, 2.05) is 42.2 Å². The number of hydrogen-bond donors (Lipinski definition) is 2. The van der Waals surface area contributed by atoms with Gasteiger partial charge in [-0.1, -0.05) is 29.8 Å². The molecule has 2 aliphatic heterocycles. The summed E-state index contributed by atoms with van der Waals surface area (Å²) in [5.74, 6) is -1.28. The zero-order chi connectivity index (χ0) is 24.0. The van der Waals surface area contributed by atoms with Crippen LogP contribution in [0.5, 0.6) is 0 Å². The number of benzene rings is 1. The Balaban J connectivity index is 2.02. The van der Waals surface area contributed by atoms with Crippen molar-refractivity contribution in [1.82, 2.24) is 4.90 Å². The molecule has 0 unspecified atom stereocenters. The first-order valence-corrected chi connectivity index (χ1v) is 11.4. The van der Waals surface area contributed by atoms with Gasteiger partial charge >= 0.3 is 11.9 Å². The molecular formula is C25H32N2O6. The van der Waals surface area contributed by atoms with E-state index in [-0.39, 0.29) is 30.5 Å². The van der Waals surface area contributed by atoms with Crippen LogP contribution in [-0.2, 0) is 29.3 Å². The van der Waals surface area contributed by atoms with Crippen LogP contribution < -0.4 is 5.32 Å². The van der Waals surface area contributed by atoms with Crippen molar-refractivity contribution >= 4 is 23.5 Å². The molecule has 8 nitrogen and oxygen atoms in total. The van der Waals surface area contributed by atoms with Gasteiger partial charge in [-0.05, 0) is 31.4 Å². The van der Waals surface area contributed by atoms with Gasteiger partial charge in [0.25, 0.3) is 0 Å². The van der Waals surface area contributed by atoms with Gasteiger partial charge < -0.3 is 24.8 Å². The van der Waals surface area contributed by atoms with Gasteiger partial charge in [-0.2, -0.15) is 0 Å². The molecule has 1 saturated heterocycles. The van der Waals surface area contributed by atoms with Gasteiger partial charge in [-0.25, -0.2) is 0 Å². The molecule has 0 radical (unpaired) electrons. The third kappa shape index (κ3) is 3.10. The summed E-state index contributed by atoms with van der Waals surface area (Å²) in [6, 6.07) is 7.14. The molecule has 1 saturated carbocycles. The van der Waals surface area contributed by atoms with Crippen LogP contribution in [0.15, 0.2) is 35.9 Å². The zero-order valence-electron chi connectivity index (χ0n) is 19.6. The number of aliphatic hydroxyl groups is 1. The monoisotopic (exact) mass is 456 g/mol. The van der Waals surface area contributed by atoms with E-state index in [1.165, 1.54) is 14.0 Å². The van der Waals surface area contributed by atoms with Gasteiger partial charge in [0.2, 0.25) is 5.91 Å². The Labute approximate surface area is 193 Å². The van der Waals surface area contributed by atoms with Crippen molar-refractivity contribution in [1.29, 1.82) is 0 Å². The second-order valence-corrected chi connectivity index (χ2v) is 9.22. The molecule has 178 valence electrons. The van der Waals surface area contributed by atoms with Crippen molar-refractivity contribution < 1.29 is 29.0 Å². The minimum Gasteiger partial charge on any atom is -0.468 e. The second-order valence-electron chi connectivity index (χ2n) is 9.22. The van der Waals surface area contributed by atoms with E-state index in [0.717, 1.165) is 16.8 Å². The maximum atomic E-state index is 13.7. The Kier molecular flexibility index (Phi) is 5.99. The summed E-state index contributed by atoms with van der Waals surface area (Å²) in [6.07, 6.45) is 2.76. The fraction of sp³-hybridized carbons (Fsp3) is 0.560. The number of amides is 1. The second kappa shape index (κ2) is 8.48. The highest BCUT2D eigenvalue weighted by atomic mass is 16.5. The van der Waals surface area contributed by atoms with Crippen LogP contribution in [0.3, 0.4) is 0 Å². The van der Waals surface area contributed by atoms with Crippen molar-refractivity contribution in [2.24, 2.45) is 11.3 Å². The van der Waals surface area contributed by atoms with Crippen molar-refractivity contribution in [3.8, 4) is 0 Å². The molecule has 0 spiro atoms. The Hall–Kier alpha value is -2.87. The van der Waals surface area contributed by atoms with Crippen molar-refractivity contribution in [2.45, 2.75) is 51.1 Å². The molecule has 33 heavy (non-hydrogen) atoms. The fourth-order valence-electron chi connectivity index (χ4n) is 6.82. The van der Waals surface area contributed by atoms with E-state index < -0.39 is 29.4 Å². The van der Waals surface area contributed by atoms with Crippen LogP contribution in [-0.4, -0.2) is 66.8 Å². The number of nitrogens with zero attached hydrogens (tertiary/aromatic N) is 1.